The van der Waals surface area contributed by atoms with Crippen molar-refractivity contribution in [1.82, 2.24) is 4.72 Å². The van der Waals surface area contributed by atoms with Gasteiger partial charge in [0.15, 0.2) is 0 Å². The normalized spacial score (nSPS) is 13.2. The van der Waals surface area contributed by atoms with Crippen LogP contribution in [0.2, 0.25) is 0 Å². The van der Waals surface area contributed by atoms with Gasteiger partial charge in [0.25, 0.3) is 0 Å². The van der Waals surface area contributed by atoms with Crippen LogP contribution in [0.3, 0.4) is 0 Å². The summed E-state index contributed by atoms with van der Waals surface area (Å²) in [5.74, 6) is 1.23. The monoisotopic (exact) mass is 161 g/mol. The van der Waals surface area contributed by atoms with E-state index in [2.05, 4.69) is 52.2 Å². The Labute approximate surface area is 70.1 Å². The third-order valence-electron chi connectivity index (χ3n) is 2.64. The summed E-state index contributed by atoms with van der Waals surface area (Å²) in [6.07, 6.45) is 0. The molecule has 0 saturated carbocycles. The average Bonchev–Trinajstić information content (AvgIpc) is 1.85. The van der Waals surface area contributed by atoms with Crippen molar-refractivity contribution >= 4 is 12.8 Å². The molecule has 10 heavy (non-hydrogen) atoms. The molecular weight excluding hydrogens is 142 g/mol. The molecule has 1 nitrogen and oxygen atoms in total. The standard InChI is InChI=1S/C8H19NS/c1-6(2)8(5,9-10)7(3)4/h6-7,9-10H,1-5H3. The Bertz CT molecular complexity index is 91.4. The smallest absolute Gasteiger partial charge is 0.0298 e. The summed E-state index contributed by atoms with van der Waals surface area (Å²) in [6, 6.07) is 0. The molecule has 0 bridgehead atoms. The van der Waals surface area contributed by atoms with Crippen LogP contribution in [-0.4, -0.2) is 5.54 Å². The van der Waals surface area contributed by atoms with Gasteiger partial charge in [0.05, 0.1) is 0 Å². The first-order chi connectivity index (χ1) is 4.45. The summed E-state index contributed by atoms with van der Waals surface area (Å²) in [5.41, 5.74) is 0.156. The van der Waals surface area contributed by atoms with Crippen molar-refractivity contribution in [2.75, 3.05) is 0 Å². The number of rotatable bonds is 3. The highest BCUT2D eigenvalue weighted by atomic mass is 32.1. The lowest BCUT2D eigenvalue weighted by Gasteiger charge is -2.36. The van der Waals surface area contributed by atoms with E-state index in [0.717, 1.165) is 0 Å². The molecule has 1 N–H and O–H groups in total. The molecule has 0 unspecified atom stereocenters. The fraction of sp³-hybridized carbons (Fsp3) is 1.00. The predicted octanol–water partition coefficient (Wildman–Crippen LogP) is 2.49. The van der Waals surface area contributed by atoms with E-state index in [4.69, 9.17) is 0 Å². The molecule has 0 amide bonds. The first-order valence-electron chi connectivity index (χ1n) is 3.86. The number of nitrogens with one attached hydrogen (secondary N) is 1. The Morgan fingerprint density at radius 1 is 1.10 bits per heavy atom. The lowest BCUT2D eigenvalue weighted by Crippen LogP contribution is -2.46. The van der Waals surface area contributed by atoms with Gasteiger partial charge in [0.2, 0.25) is 0 Å². The highest BCUT2D eigenvalue weighted by molar-refractivity contribution is 7.78. The quantitative estimate of drug-likeness (QED) is 0.606. The third-order valence-corrected chi connectivity index (χ3v) is 3.12. The molecule has 0 aliphatic carbocycles. The molecule has 2 heteroatoms. The summed E-state index contributed by atoms with van der Waals surface area (Å²) in [4.78, 5) is 0. The largest absolute Gasteiger partial charge is 0.260 e. The lowest BCUT2D eigenvalue weighted by molar-refractivity contribution is 0.230. The maximum Gasteiger partial charge on any atom is 0.0298 e. The highest BCUT2D eigenvalue weighted by Crippen LogP contribution is 2.25. The second-order valence-corrected chi connectivity index (χ2v) is 3.93. The molecule has 0 aromatic heterocycles. The summed E-state index contributed by atoms with van der Waals surface area (Å²) in [7, 11) is 0. The van der Waals surface area contributed by atoms with Crippen molar-refractivity contribution in [2.24, 2.45) is 11.8 Å². The van der Waals surface area contributed by atoms with Gasteiger partial charge in [-0.05, 0) is 18.8 Å². The zero-order valence-electron chi connectivity index (χ0n) is 7.60. The van der Waals surface area contributed by atoms with Crippen molar-refractivity contribution in [1.29, 1.82) is 0 Å². The molecular formula is C8H19NS. The number of thiol groups is 1. The van der Waals surface area contributed by atoms with Crippen LogP contribution in [0, 0.1) is 11.8 Å². The highest BCUT2D eigenvalue weighted by Gasteiger charge is 2.29. The van der Waals surface area contributed by atoms with E-state index in [1.807, 2.05) is 0 Å². The van der Waals surface area contributed by atoms with Crippen LogP contribution in [0.1, 0.15) is 34.6 Å². The first kappa shape index (κ1) is 10.3. The number of hydrogen-bond acceptors (Lipinski definition) is 2. The van der Waals surface area contributed by atoms with Crippen LogP contribution < -0.4 is 4.72 Å². The zero-order chi connectivity index (χ0) is 8.36. The molecule has 62 valence electrons. The minimum Gasteiger partial charge on any atom is -0.260 e. The van der Waals surface area contributed by atoms with Crippen LogP contribution in [0.25, 0.3) is 0 Å². The summed E-state index contributed by atoms with van der Waals surface area (Å²) < 4.78 is 3.07. The van der Waals surface area contributed by atoms with Crippen LogP contribution in [0.4, 0.5) is 0 Å². The second-order valence-electron chi connectivity index (χ2n) is 3.70. The van der Waals surface area contributed by atoms with Gasteiger partial charge in [0.1, 0.15) is 0 Å². The molecule has 0 aromatic rings. The van der Waals surface area contributed by atoms with Gasteiger partial charge >= 0.3 is 0 Å². The zero-order valence-corrected chi connectivity index (χ0v) is 8.50. The van der Waals surface area contributed by atoms with Gasteiger partial charge in [-0.2, -0.15) is 0 Å². The molecule has 0 rings (SSSR count). The minimum atomic E-state index is 0.156. The van der Waals surface area contributed by atoms with E-state index in [1.54, 1.807) is 0 Å². The van der Waals surface area contributed by atoms with E-state index >= 15 is 0 Å². The van der Waals surface area contributed by atoms with Crippen molar-refractivity contribution in [3.63, 3.8) is 0 Å². The summed E-state index contributed by atoms with van der Waals surface area (Å²) in [5, 5.41) is 0. The molecule has 0 saturated heterocycles. The van der Waals surface area contributed by atoms with Crippen molar-refractivity contribution < 1.29 is 0 Å². The maximum atomic E-state index is 4.13. The van der Waals surface area contributed by atoms with Crippen LogP contribution in [0.5, 0.6) is 0 Å². The van der Waals surface area contributed by atoms with E-state index in [1.165, 1.54) is 0 Å². The topological polar surface area (TPSA) is 12.0 Å². The fourth-order valence-corrected chi connectivity index (χ4v) is 1.44. The van der Waals surface area contributed by atoms with Gasteiger partial charge < -0.3 is 0 Å². The minimum absolute atomic E-state index is 0.156. The van der Waals surface area contributed by atoms with Crippen molar-refractivity contribution in [3.05, 3.63) is 0 Å². The van der Waals surface area contributed by atoms with Gasteiger partial charge in [-0.25, -0.2) is 0 Å². The molecule has 0 aliphatic rings. The van der Waals surface area contributed by atoms with E-state index in [9.17, 15) is 0 Å². The van der Waals surface area contributed by atoms with Gasteiger partial charge in [-0.3, -0.25) is 4.72 Å². The Morgan fingerprint density at radius 3 is 1.40 bits per heavy atom. The molecule has 0 aliphatic heterocycles. The van der Waals surface area contributed by atoms with E-state index in [0.29, 0.717) is 11.8 Å². The lowest BCUT2D eigenvalue weighted by atomic mass is 9.80. The van der Waals surface area contributed by atoms with Gasteiger partial charge in [-0.1, -0.05) is 40.5 Å². The Kier molecular flexibility index (Phi) is 3.74. The van der Waals surface area contributed by atoms with Gasteiger partial charge in [0, 0.05) is 5.54 Å². The molecule has 0 heterocycles. The van der Waals surface area contributed by atoms with E-state index in [-0.39, 0.29) is 5.54 Å². The SMILES string of the molecule is CC(C)C(C)(NS)C(C)C. The molecule has 0 spiro atoms. The summed E-state index contributed by atoms with van der Waals surface area (Å²) >= 11 is 4.13. The second kappa shape index (κ2) is 3.63. The van der Waals surface area contributed by atoms with E-state index < -0.39 is 0 Å². The van der Waals surface area contributed by atoms with Gasteiger partial charge in [-0.15, -0.1) is 0 Å². The molecule has 0 aromatic carbocycles. The first-order valence-corrected chi connectivity index (χ1v) is 4.31. The fourth-order valence-electron chi connectivity index (χ4n) is 0.925. The van der Waals surface area contributed by atoms with Crippen molar-refractivity contribution in [2.45, 2.75) is 40.2 Å². The molecule has 0 atom stereocenters. The number of hydrogen-bond donors (Lipinski definition) is 2. The summed E-state index contributed by atoms with van der Waals surface area (Å²) in [6.45, 7) is 11.0. The predicted molar refractivity (Wildman–Crippen MR) is 50.2 cm³/mol. The third kappa shape index (κ3) is 1.89. The average molecular weight is 161 g/mol. The molecule has 0 fully saturated rings. The van der Waals surface area contributed by atoms with Crippen molar-refractivity contribution in [3.8, 4) is 0 Å². The maximum absolute atomic E-state index is 4.13. The van der Waals surface area contributed by atoms with Crippen LogP contribution in [0.15, 0.2) is 0 Å². The Hall–Kier alpha value is 0.310. The molecule has 0 radical (unpaired) electrons. The Morgan fingerprint density at radius 2 is 1.40 bits per heavy atom. The van der Waals surface area contributed by atoms with Crippen LogP contribution in [-0.2, 0) is 0 Å². The van der Waals surface area contributed by atoms with Crippen LogP contribution >= 0.6 is 12.8 Å². The Balaban J connectivity index is 4.23.